The number of anilines is 1. The number of hydrogen-bond donors (Lipinski definition) is 1. The molecule has 1 aromatic heterocycles. The van der Waals surface area contributed by atoms with Crippen molar-refractivity contribution in [2.75, 3.05) is 12.8 Å². The average molecular weight is 192 g/mol. The van der Waals surface area contributed by atoms with Gasteiger partial charge in [0.15, 0.2) is 0 Å². The molecule has 0 aliphatic rings. The third-order valence-electron chi connectivity index (χ3n) is 1.26. The molecule has 68 valence electrons. The molecule has 0 bridgehead atoms. The second-order valence-corrected chi connectivity index (χ2v) is 1.99. The van der Waals surface area contributed by atoms with E-state index in [9.17, 15) is 4.79 Å². The molecule has 0 amide bonds. The van der Waals surface area contributed by atoms with Crippen molar-refractivity contribution in [3.63, 3.8) is 0 Å². The number of hydrogen-bond acceptors (Lipinski definition) is 4. The van der Waals surface area contributed by atoms with Crippen LogP contribution in [0.3, 0.4) is 0 Å². The molecule has 0 atom stereocenters. The number of aromatic nitrogens is 2. The van der Waals surface area contributed by atoms with Gasteiger partial charge in [0.25, 0.3) is 0 Å². The Kier molecular flexibility index (Phi) is 4.14. The highest BCUT2D eigenvalue weighted by Gasteiger charge is 2.03. The normalized spacial score (nSPS) is 8.75. The summed E-state index contributed by atoms with van der Waals surface area (Å²) in [4.78, 5) is 10.7. The van der Waals surface area contributed by atoms with Crippen molar-refractivity contribution in [2.45, 2.75) is 6.54 Å². The molecule has 2 N–H and O–H groups in total. The van der Waals surface area contributed by atoms with Crippen LogP contribution in [0.2, 0.25) is 0 Å². The number of methoxy groups -OCH3 is 1. The molecule has 1 aromatic rings. The zero-order valence-corrected chi connectivity index (χ0v) is 7.37. The topological polar surface area (TPSA) is 70.1 Å². The summed E-state index contributed by atoms with van der Waals surface area (Å²) >= 11 is 0. The molecule has 0 spiro atoms. The van der Waals surface area contributed by atoms with Crippen LogP contribution in [0.5, 0.6) is 0 Å². The summed E-state index contributed by atoms with van der Waals surface area (Å²) in [5.74, 6) is 0.0933. The van der Waals surface area contributed by atoms with E-state index in [1.165, 1.54) is 18.0 Å². The third kappa shape index (κ3) is 2.43. The standard InChI is InChI=1S/C6H9N3O2.ClH/c1-11-6(10)4-9-5(7)2-3-8-9;/h2-3H,4,7H2,1H3;1H. The van der Waals surface area contributed by atoms with Crippen LogP contribution in [-0.4, -0.2) is 22.9 Å². The van der Waals surface area contributed by atoms with Gasteiger partial charge in [-0.25, -0.2) is 4.68 Å². The first-order chi connectivity index (χ1) is 5.24. The lowest BCUT2D eigenvalue weighted by Crippen LogP contribution is -2.14. The molecule has 1 heterocycles. The molecule has 1 rings (SSSR count). The van der Waals surface area contributed by atoms with E-state index in [0.717, 1.165) is 0 Å². The van der Waals surface area contributed by atoms with Gasteiger partial charge < -0.3 is 10.5 Å². The minimum Gasteiger partial charge on any atom is -0.468 e. The second-order valence-electron chi connectivity index (χ2n) is 1.99. The Balaban J connectivity index is 0.00000121. The predicted molar refractivity (Wildman–Crippen MR) is 45.9 cm³/mol. The summed E-state index contributed by atoms with van der Waals surface area (Å²) in [6.45, 7) is 0.0648. The van der Waals surface area contributed by atoms with E-state index in [0.29, 0.717) is 5.82 Å². The maximum Gasteiger partial charge on any atom is 0.327 e. The van der Waals surface area contributed by atoms with Crippen molar-refractivity contribution >= 4 is 24.2 Å². The summed E-state index contributed by atoms with van der Waals surface area (Å²) in [5, 5.41) is 3.79. The van der Waals surface area contributed by atoms with Gasteiger partial charge in [-0.05, 0) is 6.07 Å². The van der Waals surface area contributed by atoms with Gasteiger partial charge in [-0.3, -0.25) is 4.79 Å². The van der Waals surface area contributed by atoms with Gasteiger partial charge in [0.05, 0.1) is 13.3 Å². The van der Waals surface area contributed by atoms with E-state index >= 15 is 0 Å². The van der Waals surface area contributed by atoms with Crippen LogP contribution in [0.25, 0.3) is 0 Å². The van der Waals surface area contributed by atoms with Crippen LogP contribution in [-0.2, 0) is 16.1 Å². The SMILES string of the molecule is COC(=O)Cn1nccc1N.Cl. The summed E-state index contributed by atoms with van der Waals surface area (Å²) in [6.07, 6.45) is 1.53. The van der Waals surface area contributed by atoms with Gasteiger partial charge in [0.2, 0.25) is 0 Å². The van der Waals surface area contributed by atoms with Gasteiger partial charge >= 0.3 is 5.97 Å². The lowest BCUT2D eigenvalue weighted by Gasteiger charge is -2.00. The lowest BCUT2D eigenvalue weighted by molar-refractivity contribution is -0.141. The lowest BCUT2D eigenvalue weighted by atomic mass is 10.6. The number of nitrogens with two attached hydrogens (primary N) is 1. The summed E-state index contributed by atoms with van der Waals surface area (Å²) in [7, 11) is 1.32. The molecule has 12 heavy (non-hydrogen) atoms. The number of rotatable bonds is 2. The molecular formula is C6H10ClN3O2. The highest BCUT2D eigenvalue weighted by molar-refractivity contribution is 5.85. The molecule has 0 saturated carbocycles. The fourth-order valence-electron chi connectivity index (χ4n) is 0.662. The molecule has 6 heteroatoms. The van der Waals surface area contributed by atoms with E-state index in [1.54, 1.807) is 6.07 Å². The number of nitrogens with zero attached hydrogens (tertiary/aromatic N) is 2. The summed E-state index contributed by atoms with van der Waals surface area (Å²) in [6, 6.07) is 1.61. The van der Waals surface area contributed by atoms with Gasteiger partial charge in [0, 0.05) is 0 Å². The van der Waals surface area contributed by atoms with Crippen LogP contribution >= 0.6 is 12.4 Å². The quantitative estimate of drug-likeness (QED) is 0.672. The maximum atomic E-state index is 10.7. The molecule has 0 aromatic carbocycles. The van der Waals surface area contributed by atoms with Crippen molar-refractivity contribution in [2.24, 2.45) is 0 Å². The predicted octanol–water partition coefficient (Wildman–Crippen LogP) is 0.0601. The van der Waals surface area contributed by atoms with Gasteiger partial charge in [0.1, 0.15) is 12.4 Å². The number of ether oxygens (including phenoxy) is 1. The van der Waals surface area contributed by atoms with E-state index in [2.05, 4.69) is 9.84 Å². The number of halogens is 1. The maximum absolute atomic E-state index is 10.7. The van der Waals surface area contributed by atoms with E-state index in [-0.39, 0.29) is 24.9 Å². The van der Waals surface area contributed by atoms with Crippen molar-refractivity contribution in [1.29, 1.82) is 0 Å². The Morgan fingerprint density at radius 2 is 2.50 bits per heavy atom. The number of esters is 1. The molecule has 0 aliphatic carbocycles. The third-order valence-corrected chi connectivity index (χ3v) is 1.26. The minimum absolute atomic E-state index is 0. The van der Waals surface area contributed by atoms with Crippen LogP contribution in [0.4, 0.5) is 5.82 Å². The van der Waals surface area contributed by atoms with Crippen molar-refractivity contribution in [3.8, 4) is 0 Å². The number of carbonyl (C=O) groups is 1. The van der Waals surface area contributed by atoms with Crippen molar-refractivity contribution < 1.29 is 9.53 Å². The highest BCUT2D eigenvalue weighted by Crippen LogP contribution is 1.98. The van der Waals surface area contributed by atoms with Crippen molar-refractivity contribution in [3.05, 3.63) is 12.3 Å². The molecule has 0 radical (unpaired) electrons. The van der Waals surface area contributed by atoms with Crippen LogP contribution < -0.4 is 5.73 Å². The monoisotopic (exact) mass is 191 g/mol. The van der Waals surface area contributed by atoms with E-state index in [4.69, 9.17) is 5.73 Å². The fourth-order valence-corrected chi connectivity index (χ4v) is 0.662. The second kappa shape index (κ2) is 4.61. The molecule has 0 fully saturated rings. The van der Waals surface area contributed by atoms with Crippen molar-refractivity contribution in [1.82, 2.24) is 9.78 Å². The van der Waals surface area contributed by atoms with Gasteiger partial charge in [-0.15, -0.1) is 12.4 Å². The zero-order chi connectivity index (χ0) is 8.27. The van der Waals surface area contributed by atoms with Crippen LogP contribution in [0.15, 0.2) is 12.3 Å². The number of carbonyl (C=O) groups excluding carboxylic acids is 1. The summed E-state index contributed by atoms with van der Waals surface area (Å²) < 4.78 is 5.79. The fraction of sp³-hybridized carbons (Fsp3) is 0.333. The van der Waals surface area contributed by atoms with Crippen LogP contribution in [0.1, 0.15) is 0 Å². The first kappa shape index (κ1) is 10.8. The highest BCUT2D eigenvalue weighted by atomic mass is 35.5. The molecule has 5 nitrogen and oxygen atoms in total. The Labute approximate surface area is 75.9 Å². The molecule has 0 saturated heterocycles. The van der Waals surface area contributed by atoms with Gasteiger partial charge in [-0.2, -0.15) is 5.10 Å². The van der Waals surface area contributed by atoms with Crippen LogP contribution in [0, 0.1) is 0 Å². The minimum atomic E-state index is -0.361. The molecule has 0 unspecified atom stereocenters. The Bertz CT molecular complexity index is 261. The first-order valence-electron chi connectivity index (χ1n) is 3.08. The number of nitrogen functional groups attached to an aromatic ring is 1. The molecule has 0 aliphatic heterocycles. The van der Waals surface area contributed by atoms with E-state index < -0.39 is 0 Å². The Hall–Kier alpha value is -1.23. The Morgan fingerprint density at radius 3 is 2.92 bits per heavy atom. The Morgan fingerprint density at radius 1 is 1.83 bits per heavy atom. The molecular weight excluding hydrogens is 182 g/mol. The van der Waals surface area contributed by atoms with E-state index in [1.807, 2.05) is 0 Å². The smallest absolute Gasteiger partial charge is 0.327 e. The average Bonchev–Trinajstić information content (AvgIpc) is 2.37. The summed E-state index contributed by atoms with van der Waals surface area (Å²) in [5.41, 5.74) is 5.44. The first-order valence-corrected chi connectivity index (χ1v) is 3.08. The zero-order valence-electron chi connectivity index (χ0n) is 6.56. The largest absolute Gasteiger partial charge is 0.468 e. The van der Waals surface area contributed by atoms with Gasteiger partial charge in [-0.1, -0.05) is 0 Å².